The molecule has 4 heterocycles. The minimum atomic E-state index is -1.34. The number of aliphatic hydroxyl groups is 1. The molecule has 1 aromatic rings. The summed E-state index contributed by atoms with van der Waals surface area (Å²) in [7, 11) is 0. The zero-order valence-corrected chi connectivity index (χ0v) is 18.2. The van der Waals surface area contributed by atoms with Crippen molar-refractivity contribution in [2.45, 2.75) is 56.8 Å². The smallest absolute Gasteiger partial charge is 0.259 e. The molecular weight excluding hydrogens is 422 g/mol. The first-order chi connectivity index (χ1) is 14.7. The van der Waals surface area contributed by atoms with Crippen LogP contribution in [-0.2, 0) is 27.5 Å². The van der Waals surface area contributed by atoms with Crippen molar-refractivity contribution < 1.29 is 29.2 Å². The molecule has 10 nitrogen and oxygen atoms in total. The number of aliphatic carboxylic acids is 1. The molecule has 11 heteroatoms. The summed E-state index contributed by atoms with van der Waals surface area (Å²) in [5.74, 6) is -2.82. The zero-order chi connectivity index (χ0) is 22.4. The fraction of sp³-hybridized carbons (Fsp3) is 0.600. The summed E-state index contributed by atoms with van der Waals surface area (Å²) in [4.78, 5) is 37.3. The average molecular weight is 450 g/mol. The number of aromatic nitrogens is 2. The van der Waals surface area contributed by atoms with Crippen LogP contribution in [0.1, 0.15) is 20.3 Å². The first-order valence-electron chi connectivity index (χ1n) is 10.4. The van der Waals surface area contributed by atoms with Crippen molar-refractivity contribution in [3.05, 3.63) is 29.3 Å². The van der Waals surface area contributed by atoms with Gasteiger partial charge in [0.1, 0.15) is 18.9 Å². The molecule has 4 N–H and O–H groups in total. The summed E-state index contributed by atoms with van der Waals surface area (Å²) >= 11 is 1.50. The predicted octanol–water partition coefficient (Wildman–Crippen LogP) is -2.46. The fourth-order valence-corrected chi connectivity index (χ4v) is 6.45. The second kappa shape index (κ2) is 8.29. The van der Waals surface area contributed by atoms with Crippen molar-refractivity contribution in [3.8, 4) is 0 Å². The average Bonchev–Trinajstić information content (AvgIpc) is 3.34. The lowest BCUT2D eigenvalue weighted by atomic mass is 9.79. The highest BCUT2D eigenvalue weighted by Crippen LogP contribution is 2.51. The Morgan fingerprint density at radius 1 is 1.48 bits per heavy atom. The van der Waals surface area contributed by atoms with Crippen LogP contribution in [0.4, 0.5) is 0 Å². The van der Waals surface area contributed by atoms with Gasteiger partial charge in [-0.2, -0.15) is 0 Å². The number of carboxylic acid groups (broad SMARTS) is 1. The maximum absolute atomic E-state index is 12.4. The third kappa shape index (κ3) is 3.97. The lowest BCUT2D eigenvalue weighted by Crippen LogP contribution is -2.64. The number of β-lactam (4-membered cyclic amide) rings is 1. The van der Waals surface area contributed by atoms with Gasteiger partial charge in [-0.25, -0.2) is 9.13 Å². The highest BCUT2D eigenvalue weighted by atomic mass is 32.2. The van der Waals surface area contributed by atoms with Crippen molar-refractivity contribution in [1.82, 2.24) is 14.8 Å². The van der Waals surface area contributed by atoms with E-state index < -0.39 is 23.9 Å². The molecule has 2 amide bonds. The van der Waals surface area contributed by atoms with Crippen LogP contribution in [-0.4, -0.2) is 62.3 Å². The van der Waals surface area contributed by atoms with E-state index in [1.165, 1.54) is 16.7 Å². The van der Waals surface area contributed by atoms with Gasteiger partial charge in [-0.3, -0.25) is 9.59 Å². The highest BCUT2D eigenvalue weighted by Gasteiger charge is 2.58. The standard InChI is InChI=1S/C20H27N5O5S/c1-10-16-15(11(2)26)19(28)25(16)17(20(29)30)18(10)31-13-5-12(22-6-13)7-23-3-4-24(9-23)8-14(21)27/h3-4,9-13,15-16,22,26H,5-8H2,1-2H3,(H2-,21,27,29,30)/t10-,11-,12+,13+,15-,16-/m1/s1. The quantitative estimate of drug-likeness (QED) is 0.295. The molecule has 2 saturated heterocycles. The van der Waals surface area contributed by atoms with Crippen LogP contribution in [0.5, 0.6) is 0 Å². The van der Waals surface area contributed by atoms with E-state index in [0.717, 1.165) is 6.42 Å². The van der Waals surface area contributed by atoms with E-state index in [4.69, 9.17) is 5.73 Å². The summed E-state index contributed by atoms with van der Waals surface area (Å²) in [5.41, 5.74) is 5.19. The normalized spacial score (nSPS) is 31.0. The molecule has 0 aromatic carbocycles. The van der Waals surface area contributed by atoms with Gasteiger partial charge in [0, 0.05) is 28.7 Å². The Kier molecular flexibility index (Phi) is 5.84. The first-order valence-corrected chi connectivity index (χ1v) is 11.2. The second-order valence-corrected chi connectivity index (χ2v) is 9.93. The molecule has 1 aromatic heterocycles. The summed E-state index contributed by atoms with van der Waals surface area (Å²) in [6, 6.07) is -0.131. The molecule has 168 valence electrons. The number of fused-ring (bicyclic) bond motifs is 1. The monoisotopic (exact) mass is 449 g/mol. The van der Waals surface area contributed by atoms with Crippen molar-refractivity contribution in [2.75, 3.05) is 6.54 Å². The number of thioether (sulfide) groups is 1. The molecule has 0 bridgehead atoms. The number of amides is 2. The SMILES string of the molecule is C[C@@H](O)[C@H]1C(=O)N2C(C(=O)[O-])=C(S[C@@H]3CN[C@H](Cn4cc[n+](CC(N)=O)c4)C3)[C@H](C)[C@H]12. The van der Waals surface area contributed by atoms with E-state index in [1.54, 1.807) is 17.7 Å². The highest BCUT2D eigenvalue weighted by molar-refractivity contribution is 8.03. The third-order valence-electron chi connectivity index (χ3n) is 6.29. The van der Waals surface area contributed by atoms with Crippen LogP contribution in [0.25, 0.3) is 0 Å². The second-order valence-electron chi connectivity index (χ2n) is 8.58. The Balaban J connectivity index is 1.41. The van der Waals surface area contributed by atoms with Gasteiger partial charge in [0.2, 0.25) is 12.2 Å². The van der Waals surface area contributed by atoms with Crippen LogP contribution >= 0.6 is 11.8 Å². The van der Waals surface area contributed by atoms with Gasteiger partial charge in [0.05, 0.1) is 29.7 Å². The zero-order valence-electron chi connectivity index (χ0n) is 17.4. The molecule has 3 aliphatic rings. The number of nitrogens with two attached hydrogens (primary N) is 1. The fourth-order valence-electron chi connectivity index (χ4n) is 4.93. The number of nitrogens with one attached hydrogen (secondary N) is 1. The Labute approximate surface area is 184 Å². The van der Waals surface area contributed by atoms with Crippen LogP contribution < -0.4 is 20.7 Å². The molecule has 2 fully saturated rings. The number of hydrogen-bond acceptors (Lipinski definition) is 7. The van der Waals surface area contributed by atoms with E-state index in [9.17, 15) is 24.6 Å². The minimum Gasteiger partial charge on any atom is -0.543 e. The molecule has 0 unspecified atom stereocenters. The van der Waals surface area contributed by atoms with Crippen molar-refractivity contribution in [3.63, 3.8) is 0 Å². The molecule has 0 aliphatic carbocycles. The molecule has 0 saturated carbocycles. The summed E-state index contributed by atoms with van der Waals surface area (Å²) in [5, 5.41) is 25.4. The number of carbonyl (C=O) groups is 3. The van der Waals surface area contributed by atoms with E-state index >= 15 is 0 Å². The molecule has 6 atom stereocenters. The van der Waals surface area contributed by atoms with E-state index in [2.05, 4.69) is 5.32 Å². The van der Waals surface area contributed by atoms with Crippen LogP contribution in [0.3, 0.4) is 0 Å². The van der Waals surface area contributed by atoms with Gasteiger partial charge in [-0.05, 0) is 13.3 Å². The Morgan fingerprint density at radius 3 is 2.87 bits per heavy atom. The molecular formula is C20H27N5O5S. The lowest BCUT2D eigenvalue weighted by Gasteiger charge is -2.47. The van der Waals surface area contributed by atoms with Crippen molar-refractivity contribution in [1.29, 1.82) is 0 Å². The number of carbonyl (C=O) groups excluding carboxylic acids is 3. The van der Waals surface area contributed by atoms with Gasteiger partial charge in [0.15, 0.2) is 6.54 Å². The Hall–Kier alpha value is -2.37. The maximum Gasteiger partial charge on any atom is 0.259 e. The Morgan fingerprint density at radius 2 is 2.23 bits per heavy atom. The van der Waals surface area contributed by atoms with E-state index in [0.29, 0.717) is 18.0 Å². The third-order valence-corrected chi connectivity index (χ3v) is 7.80. The lowest BCUT2D eigenvalue weighted by molar-refractivity contribution is -0.683. The number of aliphatic hydroxyl groups excluding tert-OH is 1. The van der Waals surface area contributed by atoms with Gasteiger partial charge in [0.25, 0.3) is 5.91 Å². The van der Waals surface area contributed by atoms with Gasteiger partial charge in [-0.1, -0.05) is 6.92 Å². The Bertz CT molecular complexity index is 944. The number of hydrogen-bond donors (Lipinski definition) is 3. The number of imidazole rings is 1. The molecule has 0 radical (unpaired) electrons. The molecule has 3 aliphatic heterocycles. The molecule has 4 rings (SSSR count). The summed E-state index contributed by atoms with van der Waals surface area (Å²) in [6.07, 6.45) is 5.51. The van der Waals surface area contributed by atoms with Crippen molar-refractivity contribution in [2.24, 2.45) is 17.6 Å². The molecule has 31 heavy (non-hydrogen) atoms. The largest absolute Gasteiger partial charge is 0.543 e. The van der Waals surface area contributed by atoms with Crippen LogP contribution in [0.2, 0.25) is 0 Å². The summed E-state index contributed by atoms with van der Waals surface area (Å²) in [6.45, 7) is 5.03. The molecule has 0 spiro atoms. The van der Waals surface area contributed by atoms with Crippen molar-refractivity contribution >= 4 is 29.5 Å². The predicted molar refractivity (Wildman–Crippen MR) is 109 cm³/mol. The van der Waals surface area contributed by atoms with Crippen LogP contribution in [0.15, 0.2) is 29.3 Å². The number of carboxylic acids is 1. The van der Waals surface area contributed by atoms with E-state index in [1.807, 2.05) is 24.0 Å². The number of nitrogens with zero attached hydrogens (tertiary/aromatic N) is 3. The van der Waals surface area contributed by atoms with Gasteiger partial charge in [-0.15, -0.1) is 11.8 Å². The summed E-state index contributed by atoms with van der Waals surface area (Å²) < 4.78 is 3.70. The van der Waals surface area contributed by atoms with Gasteiger partial charge < -0.3 is 31.0 Å². The maximum atomic E-state index is 12.4. The first kappa shape index (κ1) is 21.8. The number of rotatable bonds is 8. The van der Waals surface area contributed by atoms with E-state index in [-0.39, 0.29) is 41.4 Å². The van der Waals surface area contributed by atoms with Gasteiger partial charge >= 0.3 is 0 Å². The minimum absolute atomic E-state index is 0.0363. The number of primary amides is 1. The van der Waals surface area contributed by atoms with Crippen LogP contribution in [0, 0.1) is 11.8 Å². The topological polar surface area (TPSA) is 145 Å².